The molecule has 0 radical (unpaired) electrons. The van der Waals surface area contributed by atoms with Gasteiger partial charge in [-0.1, -0.05) is 0 Å². The number of hydrogen-bond acceptors (Lipinski definition) is 2. The molecule has 0 saturated heterocycles. The molecular weight excluding hydrogens is 237 g/mol. The molecule has 0 aliphatic carbocycles. The molecule has 0 bridgehead atoms. The van der Waals surface area contributed by atoms with E-state index in [4.69, 9.17) is 5.26 Å². The van der Waals surface area contributed by atoms with Crippen LogP contribution in [0.25, 0.3) is 0 Å². The van der Waals surface area contributed by atoms with Gasteiger partial charge in [-0.3, -0.25) is 4.21 Å². The largest absolute Gasteiger partial charge is 0.257 e. The Kier molecular flexibility index (Phi) is 2.91. The molecule has 46 valence electrons. The second kappa shape index (κ2) is 2.78. The average Bonchev–Trinajstić information content (AvgIpc) is 1.67. The summed E-state index contributed by atoms with van der Waals surface area (Å²) in [6.07, 6.45) is 1.52. The van der Waals surface area contributed by atoms with Crippen LogP contribution in [0.5, 0.6) is 0 Å². The molecule has 0 aromatic rings. The van der Waals surface area contributed by atoms with Crippen LogP contribution in [0.1, 0.15) is 6.92 Å². The normalized spacial score (nSPS) is 20.8. The van der Waals surface area contributed by atoms with Gasteiger partial charge < -0.3 is 0 Å². The van der Waals surface area contributed by atoms with Gasteiger partial charge in [0, 0.05) is 17.1 Å². The number of rotatable bonds is 1. The van der Waals surface area contributed by atoms with Crippen molar-refractivity contribution in [3.05, 3.63) is 0 Å². The van der Waals surface area contributed by atoms with Gasteiger partial charge in [0.25, 0.3) is 0 Å². The highest BCUT2D eigenvalue weighted by Crippen LogP contribution is 2.19. The van der Waals surface area contributed by atoms with E-state index in [1.807, 2.05) is 28.7 Å². The third kappa shape index (κ3) is 2.09. The monoisotopic (exact) mass is 243 g/mol. The Balaban J connectivity index is 4.19. The van der Waals surface area contributed by atoms with Crippen LogP contribution in [0, 0.1) is 11.3 Å². The molecule has 0 aliphatic heterocycles. The predicted octanol–water partition coefficient (Wildman–Crippen LogP) is 1.04. The summed E-state index contributed by atoms with van der Waals surface area (Å²) in [6, 6.07) is 1.93. The van der Waals surface area contributed by atoms with Gasteiger partial charge >= 0.3 is 0 Å². The first-order valence-corrected chi connectivity index (χ1v) is 4.58. The number of nitrogens with zero attached hydrogens (tertiary/aromatic N) is 1. The molecule has 8 heavy (non-hydrogen) atoms. The minimum Gasteiger partial charge on any atom is -0.257 e. The average molecular weight is 243 g/mol. The molecule has 0 aliphatic rings. The van der Waals surface area contributed by atoms with Crippen molar-refractivity contribution < 1.29 is 4.21 Å². The number of alkyl halides is 1. The third-order valence-electron chi connectivity index (χ3n) is 0.740. The summed E-state index contributed by atoms with van der Waals surface area (Å²) >= 11 is 1.87. The van der Waals surface area contributed by atoms with Gasteiger partial charge in [-0.2, -0.15) is 5.26 Å². The molecule has 0 amide bonds. The summed E-state index contributed by atoms with van der Waals surface area (Å²) in [6.45, 7) is 1.64. The van der Waals surface area contributed by atoms with Crippen LogP contribution in [-0.2, 0) is 10.8 Å². The fourth-order valence-corrected chi connectivity index (χ4v) is 0.193. The second-order valence-corrected chi connectivity index (χ2v) is 6.10. The summed E-state index contributed by atoms with van der Waals surface area (Å²) < 4.78 is 9.87. The number of halogens is 1. The highest BCUT2D eigenvalue weighted by atomic mass is 127. The molecule has 0 fully saturated rings. The summed E-state index contributed by atoms with van der Waals surface area (Å²) in [4.78, 5) is 0. The Morgan fingerprint density at radius 1 is 1.88 bits per heavy atom. The molecule has 0 saturated carbocycles. The van der Waals surface area contributed by atoms with Crippen molar-refractivity contribution in [1.82, 2.24) is 0 Å². The molecule has 0 heterocycles. The predicted molar refractivity (Wildman–Crippen MR) is 42.1 cm³/mol. The number of hydrogen-bond donors (Lipinski definition) is 0. The van der Waals surface area contributed by atoms with Crippen molar-refractivity contribution in [1.29, 1.82) is 5.26 Å². The summed E-state index contributed by atoms with van der Waals surface area (Å²) in [5, 5.41) is 8.31. The molecular formula is C4H6INOS. The van der Waals surface area contributed by atoms with Gasteiger partial charge in [-0.25, -0.2) is 0 Å². The minimum absolute atomic E-state index is 0.711. The van der Waals surface area contributed by atoms with Gasteiger partial charge in [-0.05, 0) is 29.5 Å². The van der Waals surface area contributed by atoms with Crippen molar-refractivity contribution in [2.75, 3.05) is 6.26 Å². The number of nitriles is 1. The lowest BCUT2D eigenvalue weighted by atomic mass is 10.5. The van der Waals surface area contributed by atoms with Crippen LogP contribution in [0.15, 0.2) is 0 Å². The van der Waals surface area contributed by atoms with Crippen molar-refractivity contribution >= 4 is 33.4 Å². The Morgan fingerprint density at radius 3 is 2.25 bits per heavy atom. The molecule has 0 N–H and O–H groups in total. The van der Waals surface area contributed by atoms with Crippen LogP contribution in [0.4, 0.5) is 0 Å². The Morgan fingerprint density at radius 2 is 2.25 bits per heavy atom. The zero-order chi connectivity index (χ0) is 6.78. The molecule has 4 heteroatoms. The zero-order valence-electron chi connectivity index (χ0n) is 4.64. The standard InChI is InChI=1S/C4H6INOS/c1-4(5,3-6)8(2)7/h1-2H3. The van der Waals surface area contributed by atoms with Gasteiger partial charge in [-0.15, -0.1) is 0 Å². The topological polar surface area (TPSA) is 40.9 Å². The van der Waals surface area contributed by atoms with E-state index in [0.717, 1.165) is 0 Å². The SMILES string of the molecule is CS(=O)C(C)(I)C#N. The first-order valence-electron chi connectivity index (χ1n) is 1.94. The first-order chi connectivity index (χ1) is 3.50. The zero-order valence-corrected chi connectivity index (χ0v) is 7.62. The molecule has 0 spiro atoms. The van der Waals surface area contributed by atoms with Gasteiger partial charge in [0.05, 0.1) is 6.07 Å². The maximum Gasteiger partial charge on any atom is 0.179 e. The van der Waals surface area contributed by atoms with Gasteiger partial charge in [0.2, 0.25) is 0 Å². The summed E-state index contributed by atoms with van der Waals surface area (Å²) in [7, 11) is -1.05. The Labute approximate surface area is 64.9 Å². The van der Waals surface area contributed by atoms with Crippen LogP contribution < -0.4 is 0 Å². The highest BCUT2D eigenvalue weighted by Gasteiger charge is 2.23. The maximum atomic E-state index is 10.6. The third-order valence-corrected chi connectivity index (χ3v) is 4.01. The molecule has 0 aromatic carbocycles. The van der Waals surface area contributed by atoms with Crippen molar-refractivity contribution in [2.24, 2.45) is 0 Å². The van der Waals surface area contributed by atoms with E-state index in [9.17, 15) is 4.21 Å². The van der Waals surface area contributed by atoms with Crippen molar-refractivity contribution in [3.63, 3.8) is 0 Å². The fourth-order valence-electron chi connectivity index (χ4n) is 0.0643. The molecule has 0 aromatic heterocycles. The Hall–Kier alpha value is 0.370. The second-order valence-electron chi connectivity index (χ2n) is 1.48. The maximum absolute atomic E-state index is 10.6. The summed E-state index contributed by atoms with van der Waals surface area (Å²) in [5.41, 5.74) is 0. The van der Waals surface area contributed by atoms with E-state index >= 15 is 0 Å². The van der Waals surface area contributed by atoms with E-state index < -0.39 is 13.6 Å². The van der Waals surface area contributed by atoms with E-state index in [-0.39, 0.29) is 0 Å². The smallest absolute Gasteiger partial charge is 0.179 e. The lowest BCUT2D eigenvalue weighted by Gasteiger charge is -2.06. The van der Waals surface area contributed by atoms with Crippen LogP contribution in [0.2, 0.25) is 0 Å². The highest BCUT2D eigenvalue weighted by molar-refractivity contribution is 14.1. The molecule has 2 atom stereocenters. The van der Waals surface area contributed by atoms with Crippen LogP contribution >= 0.6 is 22.6 Å². The van der Waals surface area contributed by atoms with E-state index in [0.29, 0.717) is 0 Å². The van der Waals surface area contributed by atoms with Gasteiger partial charge in [0.1, 0.15) is 0 Å². The molecule has 2 unspecified atom stereocenters. The van der Waals surface area contributed by atoms with Crippen LogP contribution in [0.3, 0.4) is 0 Å². The van der Waals surface area contributed by atoms with E-state index in [1.165, 1.54) is 6.26 Å². The quantitative estimate of drug-likeness (QED) is 0.510. The summed E-state index contributed by atoms with van der Waals surface area (Å²) in [5.74, 6) is 0. The minimum atomic E-state index is -1.05. The van der Waals surface area contributed by atoms with E-state index in [1.54, 1.807) is 6.92 Å². The van der Waals surface area contributed by atoms with E-state index in [2.05, 4.69) is 0 Å². The lowest BCUT2D eigenvalue weighted by Crippen LogP contribution is -2.17. The van der Waals surface area contributed by atoms with Gasteiger partial charge in [0.15, 0.2) is 2.75 Å². The Bertz CT molecular complexity index is 149. The molecule has 0 rings (SSSR count). The van der Waals surface area contributed by atoms with Crippen molar-refractivity contribution in [2.45, 2.75) is 9.68 Å². The fraction of sp³-hybridized carbons (Fsp3) is 0.750. The van der Waals surface area contributed by atoms with Crippen molar-refractivity contribution in [3.8, 4) is 6.07 Å². The first kappa shape index (κ1) is 8.37. The van der Waals surface area contributed by atoms with Crippen LogP contribution in [-0.4, -0.2) is 13.2 Å². The molecule has 2 nitrogen and oxygen atoms in total. The lowest BCUT2D eigenvalue weighted by molar-refractivity contribution is 0.683.